The number of nitrogens with zero attached hydrogens (tertiary/aromatic N) is 4. The summed E-state index contributed by atoms with van der Waals surface area (Å²) in [7, 11) is 1.37. The summed E-state index contributed by atoms with van der Waals surface area (Å²) < 4.78 is 4.68. The first-order chi connectivity index (χ1) is 10.1. The summed E-state index contributed by atoms with van der Waals surface area (Å²) in [5, 5.41) is 2.68. The second-order valence-electron chi connectivity index (χ2n) is 4.73. The Morgan fingerprint density at radius 1 is 1.24 bits per heavy atom. The van der Waals surface area contributed by atoms with E-state index in [1.54, 1.807) is 23.4 Å². The number of carbonyl (C=O) groups is 2. The highest BCUT2D eigenvalue weighted by Gasteiger charge is 2.27. The molecule has 2 rings (SSSR count). The largest absolute Gasteiger partial charge is 0.453 e. The lowest BCUT2D eigenvalue weighted by Gasteiger charge is -2.36. The van der Waals surface area contributed by atoms with Crippen molar-refractivity contribution in [3.8, 4) is 0 Å². The Hall–Kier alpha value is -2.22. The lowest BCUT2D eigenvalue weighted by Crippen LogP contribution is -2.54. The van der Waals surface area contributed by atoms with Crippen LogP contribution in [0.2, 0.25) is 0 Å². The molecule has 0 aliphatic carbocycles. The van der Waals surface area contributed by atoms with Gasteiger partial charge in [-0.15, -0.1) is 0 Å². The maximum atomic E-state index is 12.1. The fourth-order valence-corrected chi connectivity index (χ4v) is 2.16. The quantitative estimate of drug-likeness (QED) is 0.856. The maximum Gasteiger partial charge on any atom is 0.409 e. The number of hydrogen-bond donors (Lipinski definition) is 1. The average Bonchev–Trinajstić information content (AvgIpc) is 2.54. The van der Waals surface area contributed by atoms with E-state index in [2.05, 4.69) is 20.0 Å². The number of methoxy groups -OCH3 is 1. The molecular formula is C13H19N5O3. The van der Waals surface area contributed by atoms with Crippen LogP contribution in [-0.2, 0) is 9.53 Å². The highest BCUT2D eigenvalue weighted by Crippen LogP contribution is 2.09. The molecule has 2 amide bonds. The number of amides is 2. The van der Waals surface area contributed by atoms with Crippen LogP contribution in [0.1, 0.15) is 6.92 Å². The van der Waals surface area contributed by atoms with E-state index in [1.807, 2.05) is 11.8 Å². The van der Waals surface area contributed by atoms with Crippen LogP contribution in [0.3, 0.4) is 0 Å². The minimum atomic E-state index is -0.329. The topological polar surface area (TPSA) is 87.7 Å². The van der Waals surface area contributed by atoms with Crippen molar-refractivity contribution < 1.29 is 14.3 Å². The van der Waals surface area contributed by atoms with Crippen LogP contribution in [0.5, 0.6) is 0 Å². The van der Waals surface area contributed by atoms with Gasteiger partial charge < -0.3 is 9.64 Å². The highest BCUT2D eigenvalue weighted by molar-refractivity contribution is 5.93. The van der Waals surface area contributed by atoms with Crippen LogP contribution in [-0.4, -0.2) is 71.1 Å². The van der Waals surface area contributed by atoms with Gasteiger partial charge in [-0.2, -0.15) is 0 Å². The zero-order valence-electron chi connectivity index (χ0n) is 12.2. The van der Waals surface area contributed by atoms with Gasteiger partial charge >= 0.3 is 6.09 Å². The van der Waals surface area contributed by atoms with Gasteiger partial charge in [-0.05, 0) is 13.0 Å². The van der Waals surface area contributed by atoms with Crippen molar-refractivity contribution in [2.24, 2.45) is 0 Å². The molecule has 1 aromatic rings. The van der Waals surface area contributed by atoms with Crippen molar-refractivity contribution in [2.75, 3.05) is 38.6 Å². The molecule has 114 valence electrons. The van der Waals surface area contributed by atoms with Gasteiger partial charge in [0.05, 0.1) is 13.2 Å². The fraction of sp³-hybridized carbons (Fsp3) is 0.538. The summed E-state index contributed by atoms with van der Waals surface area (Å²) in [4.78, 5) is 35.1. The van der Waals surface area contributed by atoms with Gasteiger partial charge in [0.25, 0.3) is 0 Å². The number of hydrogen-bond acceptors (Lipinski definition) is 6. The number of rotatable bonds is 3. The van der Waals surface area contributed by atoms with Crippen molar-refractivity contribution in [1.82, 2.24) is 19.8 Å². The van der Waals surface area contributed by atoms with E-state index in [0.29, 0.717) is 32.1 Å². The molecule has 0 spiro atoms. The number of piperazine rings is 1. The monoisotopic (exact) mass is 293 g/mol. The number of anilines is 1. The molecule has 8 nitrogen and oxygen atoms in total. The second kappa shape index (κ2) is 6.98. The Morgan fingerprint density at radius 2 is 1.86 bits per heavy atom. The van der Waals surface area contributed by atoms with Gasteiger partial charge in [0.15, 0.2) is 0 Å². The molecule has 1 aromatic heterocycles. The molecule has 0 saturated carbocycles. The minimum absolute atomic E-state index is 0.160. The third-order valence-corrected chi connectivity index (χ3v) is 3.48. The van der Waals surface area contributed by atoms with Gasteiger partial charge in [-0.25, -0.2) is 14.8 Å². The Balaban J connectivity index is 1.85. The van der Waals surface area contributed by atoms with Crippen LogP contribution in [0.15, 0.2) is 18.5 Å². The summed E-state index contributed by atoms with van der Waals surface area (Å²) in [6, 6.07) is 1.37. The van der Waals surface area contributed by atoms with E-state index >= 15 is 0 Å². The van der Waals surface area contributed by atoms with E-state index in [-0.39, 0.29) is 18.0 Å². The fourth-order valence-electron chi connectivity index (χ4n) is 2.16. The standard InChI is InChI=1S/C13H19N5O3/c1-10(11(19)16-12-14-4-3-5-15-12)17-6-8-18(9-7-17)13(20)21-2/h3-5,10H,6-9H2,1-2H3,(H,14,15,16,19)/t10-/m0/s1. The molecule has 1 saturated heterocycles. The van der Waals surface area contributed by atoms with Crippen LogP contribution < -0.4 is 5.32 Å². The Bertz CT molecular complexity index is 488. The third-order valence-electron chi connectivity index (χ3n) is 3.48. The Morgan fingerprint density at radius 3 is 2.43 bits per heavy atom. The minimum Gasteiger partial charge on any atom is -0.453 e. The first kappa shape index (κ1) is 15.2. The zero-order chi connectivity index (χ0) is 15.2. The predicted molar refractivity (Wildman–Crippen MR) is 75.7 cm³/mol. The molecule has 21 heavy (non-hydrogen) atoms. The Kier molecular flexibility index (Phi) is 5.04. The molecule has 1 N–H and O–H groups in total. The normalized spacial score (nSPS) is 17.1. The molecule has 0 aromatic carbocycles. The summed E-state index contributed by atoms with van der Waals surface area (Å²) in [6.45, 7) is 4.17. The average molecular weight is 293 g/mol. The van der Waals surface area contributed by atoms with Gasteiger partial charge in [-0.1, -0.05) is 0 Å². The van der Waals surface area contributed by atoms with Crippen molar-refractivity contribution in [3.63, 3.8) is 0 Å². The zero-order valence-corrected chi connectivity index (χ0v) is 12.2. The molecule has 0 unspecified atom stereocenters. The van der Waals surface area contributed by atoms with Crippen molar-refractivity contribution in [3.05, 3.63) is 18.5 Å². The molecule has 1 aliphatic heterocycles. The van der Waals surface area contributed by atoms with E-state index in [9.17, 15) is 9.59 Å². The van der Waals surface area contributed by atoms with E-state index in [0.717, 1.165) is 0 Å². The van der Waals surface area contributed by atoms with Gasteiger partial charge in [-0.3, -0.25) is 15.0 Å². The molecular weight excluding hydrogens is 274 g/mol. The van der Waals surface area contributed by atoms with Gasteiger partial charge in [0.1, 0.15) is 0 Å². The van der Waals surface area contributed by atoms with Crippen LogP contribution in [0.4, 0.5) is 10.7 Å². The smallest absolute Gasteiger partial charge is 0.409 e. The SMILES string of the molecule is COC(=O)N1CCN([C@@H](C)C(=O)Nc2ncccn2)CC1. The summed E-state index contributed by atoms with van der Waals surface area (Å²) in [6.07, 6.45) is 2.81. The summed E-state index contributed by atoms with van der Waals surface area (Å²) >= 11 is 0. The van der Waals surface area contributed by atoms with Crippen LogP contribution in [0.25, 0.3) is 0 Å². The van der Waals surface area contributed by atoms with Crippen molar-refractivity contribution in [1.29, 1.82) is 0 Å². The lowest BCUT2D eigenvalue weighted by molar-refractivity contribution is -0.121. The molecule has 2 heterocycles. The van der Waals surface area contributed by atoms with Gasteiger partial charge in [0.2, 0.25) is 11.9 Å². The molecule has 0 bridgehead atoms. The second-order valence-corrected chi connectivity index (χ2v) is 4.73. The molecule has 8 heteroatoms. The highest BCUT2D eigenvalue weighted by atomic mass is 16.5. The first-order valence-corrected chi connectivity index (χ1v) is 6.76. The maximum absolute atomic E-state index is 12.1. The first-order valence-electron chi connectivity index (χ1n) is 6.76. The molecule has 1 atom stereocenters. The summed E-state index contributed by atoms with van der Waals surface area (Å²) in [5.41, 5.74) is 0. The van der Waals surface area contributed by atoms with E-state index in [1.165, 1.54) is 7.11 Å². The number of nitrogens with one attached hydrogen (secondary N) is 1. The van der Waals surface area contributed by atoms with E-state index < -0.39 is 0 Å². The lowest BCUT2D eigenvalue weighted by atomic mass is 10.2. The number of ether oxygens (including phenoxy) is 1. The molecule has 1 aliphatic rings. The third kappa shape index (κ3) is 3.88. The molecule has 0 radical (unpaired) electrons. The summed E-state index contributed by atoms with van der Waals surface area (Å²) in [5.74, 6) is 0.135. The molecule has 1 fully saturated rings. The van der Waals surface area contributed by atoms with Gasteiger partial charge in [0, 0.05) is 38.6 Å². The predicted octanol–water partition coefficient (Wildman–Crippen LogP) is 0.188. The van der Waals surface area contributed by atoms with Crippen LogP contribution in [0, 0.1) is 0 Å². The van der Waals surface area contributed by atoms with Crippen molar-refractivity contribution >= 4 is 17.9 Å². The Labute approximate surface area is 123 Å². The van der Waals surface area contributed by atoms with Crippen molar-refractivity contribution in [2.45, 2.75) is 13.0 Å². The van der Waals surface area contributed by atoms with E-state index in [4.69, 9.17) is 0 Å². The number of aromatic nitrogens is 2. The number of carbonyl (C=O) groups excluding carboxylic acids is 2. The van der Waals surface area contributed by atoms with Crippen LogP contribution >= 0.6 is 0 Å².